The smallest absolute Gasteiger partial charge is 0.120 e. The predicted molar refractivity (Wildman–Crippen MR) is 80.3 cm³/mol. The fourth-order valence-electron chi connectivity index (χ4n) is 3.35. The number of hydrogen-bond donors (Lipinski definition) is 1. The van der Waals surface area contributed by atoms with E-state index in [0.29, 0.717) is 5.75 Å². The Morgan fingerprint density at radius 2 is 2.05 bits per heavy atom. The minimum Gasteiger partial charge on any atom is -0.508 e. The largest absolute Gasteiger partial charge is 0.508 e. The first-order valence-corrected chi connectivity index (χ1v) is 7.95. The van der Waals surface area contributed by atoms with Crippen LogP contribution in [0.15, 0.2) is 22.7 Å². The summed E-state index contributed by atoms with van der Waals surface area (Å²) in [6.07, 6.45) is 3.92. The molecule has 19 heavy (non-hydrogen) atoms. The molecule has 1 aromatic carbocycles. The van der Waals surface area contributed by atoms with Gasteiger partial charge in [0.25, 0.3) is 0 Å². The number of rotatable bonds is 2. The van der Waals surface area contributed by atoms with Gasteiger partial charge in [-0.2, -0.15) is 0 Å². The zero-order chi connectivity index (χ0) is 13.2. The van der Waals surface area contributed by atoms with Gasteiger partial charge < -0.3 is 5.11 Å². The summed E-state index contributed by atoms with van der Waals surface area (Å²) in [7, 11) is 0. The molecule has 1 N–H and O–H groups in total. The first-order chi connectivity index (χ1) is 9.22. The number of benzene rings is 1. The molecule has 104 valence electrons. The second kappa shape index (κ2) is 5.81. The lowest BCUT2D eigenvalue weighted by Gasteiger charge is -2.25. The van der Waals surface area contributed by atoms with Crippen LogP contribution in [-0.2, 0) is 6.54 Å². The Balaban J connectivity index is 1.70. The lowest BCUT2D eigenvalue weighted by Crippen LogP contribution is -2.36. The van der Waals surface area contributed by atoms with E-state index in [9.17, 15) is 5.11 Å². The number of aromatic hydroxyl groups is 1. The molecule has 1 aromatic rings. The minimum absolute atomic E-state index is 0.413. The molecule has 3 nitrogen and oxygen atoms in total. The Labute approximate surface area is 123 Å². The van der Waals surface area contributed by atoms with Gasteiger partial charge in [-0.3, -0.25) is 9.80 Å². The van der Waals surface area contributed by atoms with Crippen LogP contribution in [0, 0.1) is 0 Å². The summed E-state index contributed by atoms with van der Waals surface area (Å²) in [5.74, 6) is 0.413. The van der Waals surface area contributed by atoms with Crippen molar-refractivity contribution < 1.29 is 5.11 Å². The summed E-state index contributed by atoms with van der Waals surface area (Å²) >= 11 is 3.48. The maximum absolute atomic E-state index is 9.97. The highest BCUT2D eigenvalue weighted by Gasteiger charge is 2.28. The van der Waals surface area contributed by atoms with Crippen molar-refractivity contribution in [1.29, 1.82) is 0 Å². The minimum atomic E-state index is 0.413. The van der Waals surface area contributed by atoms with Crippen LogP contribution >= 0.6 is 15.9 Å². The highest BCUT2D eigenvalue weighted by Crippen LogP contribution is 2.26. The average Bonchev–Trinajstić information content (AvgIpc) is 2.73. The number of halogens is 1. The van der Waals surface area contributed by atoms with Crippen LogP contribution in [0.3, 0.4) is 0 Å². The van der Waals surface area contributed by atoms with Crippen molar-refractivity contribution in [2.75, 3.05) is 26.2 Å². The first-order valence-electron chi connectivity index (χ1n) is 7.16. The number of fused-ring (bicyclic) bond motifs is 1. The van der Waals surface area contributed by atoms with Gasteiger partial charge in [0.1, 0.15) is 5.75 Å². The van der Waals surface area contributed by atoms with E-state index in [-0.39, 0.29) is 0 Å². The SMILES string of the molecule is Oc1ccc(Br)cc1CN1CCCN2CCCC2C1. The van der Waals surface area contributed by atoms with Crippen LogP contribution in [0.5, 0.6) is 5.75 Å². The molecule has 2 heterocycles. The summed E-state index contributed by atoms with van der Waals surface area (Å²) in [6, 6.07) is 6.43. The summed E-state index contributed by atoms with van der Waals surface area (Å²) in [5, 5.41) is 9.97. The fourth-order valence-corrected chi connectivity index (χ4v) is 3.76. The van der Waals surface area contributed by atoms with E-state index in [2.05, 4.69) is 25.7 Å². The molecule has 1 atom stereocenters. The Bertz CT molecular complexity index is 452. The van der Waals surface area contributed by atoms with Gasteiger partial charge in [0, 0.05) is 29.2 Å². The second-order valence-electron chi connectivity index (χ2n) is 5.69. The third kappa shape index (κ3) is 3.12. The molecule has 0 spiro atoms. The molecule has 0 bridgehead atoms. The Morgan fingerprint density at radius 1 is 1.21 bits per heavy atom. The Kier molecular flexibility index (Phi) is 4.10. The quantitative estimate of drug-likeness (QED) is 0.906. The monoisotopic (exact) mass is 324 g/mol. The van der Waals surface area contributed by atoms with E-state index in [1.807, 2.05) is 12.1 Å². The highest BCUT2D eigenvalue weighted by atomic mass is 79.9. The van der Waals surface area contributed by atoms with Crippen molar-refractivity contribution in [3.05, 3.63) is 28.2 Å². The van der Waals surface area contributed by atoms with E-state index in [0.717, 1.165) is 35.7 Å². The van der Waals surface area contributed by atoms with Gasteiger partial charge in [-0.25, -0.2) is 0 Å². The molecule has 4 heteroatoms. The number of phenolic OH excluding ortho intramolecular Hbond substituents is 1. The number of phenols is 1. The zero-order valence-corrected chi connectivity index (χ0v) is 12.8. The van der Waals surface area contributed by atoms with Crippen molar-refractivity contribution in [1.82, 2.24) is 9.80 Å². The predicted octanol–water partition coefficient (Wildman–Crippen LogP) is 2.82. The van der Waals surface area contributed by atoms with E-state index in [1.54, 1.807) is 6.07 Å². The number of hydrogen-bond acceptors (Lipinski definition) is 3. The highest BCUT2D eigenvalue weighted by molar-refractivity contribution is 9.10. The molecule has 0 amide bonds. The van der Waals surface area contributed by atoms with Crippen LogP contribution < -0.4 is 0 Å². The summed E-state index contributed by atoms with van der Waals surface area (Å²) in [4.78, 5) is 5.14. The molecule has 2 fully saturated rings. The average molecular weight is 325 g/mol. The van der Waals surface area contributed by atoms with Gasteiger partial charge in [0.2, 0.25) is 0 Å². The molecule has 2 aliphatic heterocycles. The van der Waals surface area contributed by atoms with Crippen LogP contribution in [-0.4, -0.2) is 47.1 Å². The van der Waals surface area contributed by atoms with Crippen molar-refractivity contribution >= 4 is 15.9 Å². The van der Waals surface area contributed by atoms with Crippen molar-refractivity contribution in [2.24, 2.45) is 0 Å². The normalized spacial score (nSPS) is 25.2. The molecule has 0 aliphatic carbocycles. The third-order valence-electron chi connectivity index (χ3n) is 4.32. The number of nitrogens with zero attached hydrogens (tertiary/aromatic N) is 2. The first kappa shape index (κ1) is 13.4. The standard InChI is InChI=1S/C15H21BrN2O/c16-13-4-5-15(19)12(9-13)10-17-6-2-8-18-7-1-3-14(18)11-17/h4-5,9,14,19H,1-3,6-8,10-11H2. The van der Waals surface area contributed by atoms with Crippen molar-refractivity contribution in [3.63, 3.8) is 0 Å². The fraction of sp³-hybridized carbons (Fsp3) is 0.600. The van der Waals surface area contributed by atoms with E-state index in [1.165, 1.54) is 32.4 Å². The Morgan fingerprint density at radius 3 is 2.95 bits per heavy atom. The molecule has 2 saturated heterocycles. The summed E-state index contributed by atoms with van der Waals surface area (Å²) in [6.45, 7) is 5.66. The Hall–Kier alpha value is -0.580. The van der Waals surface area contributed by atoms with Gasteiger partial charge in [-0.15, -0.1) is 0 Å². The topological polar surface area (TPSA) is 26.7 Å². The van der Waals surface area contributed by atoms with Crippen LogP contribution in [0.4, 0.5) is 0 Å². The van der Waals surface area contributed by atoms with Crippen LogP contribution in [0.25, 0.3) is 0 Å². The molecule has 3 rings (SSSR count). The van der Waals surface area contributed by atoms with Gasteiger partial charge >= 0.3 is 0 Å². The van der Waals surface area contributed by atoms with Gasteiger partial charge in [0.15, 0.2) is 0 Å². The zero-order valence-electron chi connectivity index (χ0n) is 11.2. The van der Waals surface area contributed by atoms with Crippen LogP contribution in [0.2, 0.25) is 0 Å². The van der Waals surface area contributed by atoms with E-state index < -0.39 is 0 Å². The molecular weight excluding hydrogens is 304 g/mol. The molecule has 1 unspecified atom stereocenters. The van der Waals surface area contributed by atoms with Gasteiger partial charge in [-0.05, 0) is 57.1 Å². The summed E-state index contributed by atoms with van der Waals surface area (Å²) in [5.41, 5.74) is 1.03. The van der Waals surface area contributed by atoms with Gasteiger partial charge in [0.05, 0.1) is 0 Å². The second-order valence-corrected chi connectivity index (χ2v) is 6.61. The molecule has 2 aliphatic rings. The van der Waals surface area contributed by atoms with Crippen molar-refractivity contribution in [2.45, 2.75) is 31.8 Å². The van der Waals surface area contributed by atoms with E-state index >= 15 is 0 Å². The maximum Gasteiger partial charge on any atom is 0.120 e. The molecule has 0 aromatic heterocycles. The third-order valence-corrected chi connectivity index (χ3v) is 4.82. The molecular formula is C15H21BrN2O. The van der Waals surface area contributed by atoms with Gasteiger partial charge in [-0.1, -0.05) is 15.9 Å². The lowest BCUT2D eigenvalue weighted by molar-refractivity contribution is 0.214. The molecule has 0 saturated carbocycles. The lowest BCUT2D eigenvalue weighted by atomic mass is 10.1. The van der Waals surface area contributed by atoms with Crippen LogP contribution in [0.1, 0.15) is 24.8 Å². The molecule has 0 radical (unpaired) electrons. The maximum atomic E-state index is 9.97. The van der Waals surface area contributed by atoms with Crippen molar-refractivity contribution in [3.8, 4) is 5.75 Å². The van der Waals surface area contributed by atoms with E-state index in [4.69, 9.17) is 0 Å². The summed E-state index contributed by atoms with van der Waals surface area (Å²) < 4.78 is 1.04.